The monoisotopic (exact) mass is 798 g/mol. The van der Waals surface area contributed by atoms with E-state index in [1.807, 2.05) is 0 Å². The molecule has 12 heteroatoms. The Morgan fingerprint density at radius 2 is 0.857 bits per heavy atom. The van der Waals surface area contributed by atoms with Gasteiger partial charge in [0.25, 0.3) is 0 Å². The van der Waals surface area contributed by atoms with E-state index in [0.29, 0.717) is 8.47 Å². The minimum atomic E-state index is -1.78. The van der Waals surface area contributed by atoms with Crippen molar-refractivity contribution in [3.63, 3.8) is 0 Å². The van der Waals surface area contributed by atoms with Gasteiger partial charge >= 0.3 is 37.5 Å². The first-order chi connectivity index (χ1) is 23.2. The molecule has 0 aromatic heterocycles. The zero-order valence-electron chi connectivity index (χ0n) is 26.9. The van der Waals surface area contributed by atoms with E-state index in [1.54, 1.807) is 26.0 Å². The summed E-state index contributed by atoms with van der Waals surface area (Å²) in [7, 11) is -1.78. The number of nitrogens with zero attached hydrogens (tertiary/aromatic N) is 2. The van der Waals surface area contributed by atoms with Gasteiger partial charge in [0, 0.05) is 50.5 Å². The molecule has 1 radical (unpaired) electrons. The van der Waals surface area contributed by atoms with Crippen LogP contribution in [-0.4, -0.2) is 25.2 Å². The third kappa shape index (κ3) is 13.5. The van der Waals surface area contributed by atoms with Crippen LogP contribution in [0.2, 0.25) is 0 Å². The third-order valence-corrected chi connectivity index (χ3v) is 11.9. The van der Waals surface area contributed by atoms with Gasteiger partial charge in [-0.2, -0.15) is 10.5 Å². The molecule has 0 bridgehead atoms. The zero-order chi connectivity index (χ0) is 35.4. The predicted octanol–water partition coefficient (Wildman–Crippen LogP) is 3.79. The van der Waals surface area contributed by atoms with Crippen molar-refractivity contribution in [2.24, 2.45) is 0 Å². The maximum atomic E-state index is 10.9. The summed E-state index contributed by atoms with van der Waals surface area (Å²) in [5.74, 6) is -1.26. The standard InChI is InChI=1S/C25H22P.2C6H7NO2S2.Cu/c1-5-13-22(14-6-1)21-26(23-15-7-2-8-16-23,24-17-9-3-10-18-24)25-19-11-4-12-20-25;2*1-2-9-5(8)4(3-7)6(10)11;/h1-20H,21H2;2*10-11H,2H2,1H3;/q+1;;;+2/p+4. The van der Waals surface area contributed by atoms with Crippen molar-refractivity contribution in [1.29, 1.82) is 10.5 Å². The Morgan fingerprint density at radius 1 is 0.571 bits per heavy atom. The maximum Gasteiger partial charge on any atom is 2.00 e. The molecule has 0 spiro atoms. The Balaban J connectivity index is 0.000000438. The van der Waals surface area contributed by atoms with Crippen molar-refractivity contribution in [2.45, 2.75) is 20.0 Å². The van der Waals surface area contributed by atoms with Crippen LogP contribution < -0.4 is 15.9 Å². The fourth-order valence-electron chi connectivity index (χ4n) is 4.44. The van der Waals surface area contributed by atoms with E-state index in [4.69, 9.17) is 10.5 Å². The molecule has 0 aliphatic carbocycles. The molecule has 0 unspecified atom stereocenters. The summed E-state index contributed by atoms with van der Waals surface area (Å²) in [6.45, 7) is 3.87. The van der Waals surface area contributed by atoms with Crippen LogP contribution in [0.5, 0.6) is 0 Å². The number of carbonyl (C=O) groups excluding carboxylic acids is 2. The number of hydrogen-bond donors (Lipinski definition) is 0. The Hall–Kier alpha value is -3.37. The molecule has 6 nitrogen and oxygen atoms in total. The first-order valence-corrected chi connectivity index (χ1v) is 18.7. The normalized spacial score (nSPS) is 9.63. The maximum absolute atomic E-state index is 10.9. The summed E-state index contributed by atoms with van der Waals surface area (Å²) < 4.78 is 9.74. The number of benzene rings is 4. The minimum Gasteiger partial charge on any atom is -0.462 e. The number of ether oxygens (including phenoxy) is 2. The molecule has 0 atom stereocenters. The van der Waals surface area contributed by atoms with E-state index < -0.39 is 19.2 Å². The second kappa shape index (κ2) is 23.9. The fraction of sp³-hybridized carbons (Fsp3) is 0.135. The average Bonchev–Trinajstić information content (AvgIpc) is 3.10. The predicted molar refractivity (Wildman–Crippen MR) is 214 cm³/mol. The number of rotatable bonds is 9. The molecule has 4 rings (SSSR count). The van der Waals surface area contributed by atoms with Crippen LogP contribution in [0.1, 0.15) is 19.4 Å². The molecule has 0 aliphatic rings. The molecule has 49 heavy (non-hydrogen) atoms. The molecule has 0 heterocycles. The molecule has 4 aromatic carbocycles. The number of nitriles is 2. The van der Waals surface area contributed by atoms with Gasteiger partial charge in [0.1, 0.15) is 35.3 Å². The summed E-state index contributed by atoms with van der Waals surface area (Å²) >= 11 is 12.0. The molecular weight excluding hydrogens is 759 g/mol. The van der Waals surface area contributed by atoms with Gasteiger partial charge in [-0.05, 0) is 55.8 Å². The van der Waals surface area contributed by atoms with Crippen molar-refractivity contribution in [3.05, 3.63) is 147 Å². The van der Waals surface area contributed by atoms with Gasteiger partial charge in [-0.3, -0.25) is 0 Å². The van der Waals surface area contributed by atoms with Crippen molar-refractivity contribution in [2.75, 3.05) is 13.2 Å². The summed E-state index contributed by atoms with van der Waals surface area (Å²) in [6, 6.07) is 47.4. The molecule has 0 N–H and O–H groups in total. The molecule has 0 fully saturated rings. The topological polar surface area (TPSA) is 100 Å². The molecule has 0 saturated heterocycles. The Labute approximate surface area is 322 Å². The van der Waals surface area contributed by atoms with Gasteiger partial charge in [-0.15, -0.1) is 0 Å². The van der Waals surface area contributed by atoms with Crippen LogP contribution in [0.3, 0.4) is 0 Å². The van der Waals surface area contributed by atoms with Crippen molar-refractivity contribution in [1.82, 2.24) is 0 Å². The molecule has 255 valence electrons. The fourth-order valence-corrected chi connectivity index (χ4v) is 9.32. The first-order valence-electron chi connectivity index (χ1n) is 14.7. The van der Waals surface area contributed by atoms with E-state index in [0.717, 1.165) is 6.16 Å². The summed E-state index contributed by atoms with van der Waals surface area (Å²) in [6.07, 6.45) is 1.03. The van der Waals surface area contributed by atoms with Crippen molar-refractivity contribution in [3.8, 4) is 12.1 Å². The van der Waals surface area contributed by atoms with Gasteiger partial charge in [0.2, 0.25) is 11.1 Å². The third-order valence-electron chi connectivity index (χ3n) is 6.54. The van der Waals surface area contributed by atoms with Gasteiger partial charge in [-0.25, -0.2) is 9.59 Å². The Bertz CT molecular complexity index is 1610. The quantitative estimate of drug-likeness (QED) is 0.0639. The molecule has 0 saturated carbocycles. The smallest absolute Gasteiger partial charge is 0.462 e. The van der Waals surface area contributed by atoms with Gasteiger partial charge < -0.3 is 9.47 Å². The summed E-state index contributed by atoms with van der Waals surface area (Å²) in [5, 5.41) is 21.1. The van der Waals surface area contributed by atoms with Crippen molar-refractivity contribution < 1.29 is 36.1 Å². The summed E-state index contributed by atoms with van der Waals surface area (Å²) in [4.78, 5) is 21.7. The van der Waals surface area contributed by atoms with Gasteiger partial charge in [-0.1, -0.05) is 84.9 Å². The second-order valence-electron chi connectivity index (χ2n) is 9.62. The largest absolute Gasteiger partial charge is 2.00 e. The Kier molecular flexibility index (Phi) is 21.3. The van der Waals surface area contributed by atoms with Gasteiger partial charge in [0.05, 0.1) is 19.4 Å². The number of esters is 2. The SMILES string of the molecule is CCOC(=O)C(C#N)=C([SH2+])[SH2+].CCOC(=O)C(C#N)=C([SH2+])[SH2+].[Cu+2].c1ccc(C[P+](c2ccccc2)(c2ccccc2)c2ccccc2)cc1. The summed E-state index contributed by atoms with van der Waals surface area (Å²) in [5.41, 5.74) is 1.25. The van der Waals surface area contributed by atoms with E-state index in [-0.39, 0.29) is 41.4 Å². The van der Waals surface area contributed by atoms with Crippen LogP contribution >= 0.6 is 7.26 Å². The zero-order valence-corrected chi connectivity index (χ0v) is 32.8. The van der Waals surface area contributed by atoms with Crippen LogP contribution in [0.4, 0.5) is 0 Å². The minimum absolute atomic E-state index is 0. The number of carbonyl (C=O) groups is 2. The first kappa shape index (κ1) is 43.7. The second-order valence-corrected chi connectivity index (χ2v) is 16.1. The van der Waals surface area contributed by atoms with E-state index >= 15 is 0 Å². The van der Waals surface area contributed by atoms with Crippen LogP contribution in [-0.2, 0) is 92.8 Å². The molecule has 4 aromatic rings. The van der Waals surface area contributed by atoms with Crippen molar-refractivity contribution >= 4 is 85.6 Å². The molecular formula is C37H40CuN2O4PS4+7. The molecule has 0 amide bonds. The Morgan fingerprint density at radius 3 is 1.10 bits per heavy atom. The van der Waals surface area contributed by atoms with E-state index in [1.165, 1.54) is 21.5 Å². The molecule has 0 aliphatic heterocycles. The van der Waals surface area contributed by atoms with Gasteiger partial charge in [0.15, 0.2) is 0 Å². The van der Waals surface area contributed by atoms with Crippen LogP contribution in [0.15, 0.2) is 141 Å². The van der Waals surface area contributed by atoms with Crippen LogP contribution in [0, 0.1) is 22.7 Å². The average molecular weight is 800 g/mol. The number of hydrogen-bond acceptors (Lipinski definition) is 6. The van der Waals surface area contributed by atoms with E-state index in [2.05, 4.69) is 181 Å². The van der Waals surface area contributed by atoms with E-state index in [9.17, 15) is 9.59 Å². The van der Waals surface area contributed by atoms with Crippen LogP contribution in [0.25, 0.3) is 0 Å².